The summed E-state index contributed by atoms with van der Waals surface area (Å²) < 4.78 is 6.52. The molecule has 0 radical (unpaired) electrons. The van der Waals surface area contributed by atoms with Gasteiger partial charge in [-0.3, -0.25) is 14.5 Å². The lowest BCUT2D eigenvalue weighted by Crippen LogP contribution is -2.29. The number of thiazole rings is 1. The van der Waals surface area contributed by atoms with Crippen LogP contribution in [0.3, 0.4) is 0 Å². The third-order valence-electron chi connectivity index (χ3n) is 6.42. The van der Waals surface area contributed by atoms with Crippen LogP contribution in [0.25, 0.3) is 16.0 Å². The van der Waals surface area contributed by atoms with E-state index < -0.39 is 17.7 Å². The van der Waals surface area contributed by atoms with Gasteiger partial charge in [-0.05, 0) is 66.6 Å². The molecule has 6 rings (SSSR count). The van der Waals surface area contributed by atoms with Crippen LogP contribution in [0.2, 0.25) is 15.1 Å². The highest BCUT2D eigenvalue weighted by molar-refractivity contribution is 7.22. The molecule has 3 heterocycles. The second-order valence-electron chi connectivity index (χ2n) is 8.91. The van der Waals surface area contributed by atoms with Gasteiger partial charge in [0.15, 0.2) is 5.13 Å². The number of carbonyl (C=O) groups excluding carboxylic acids is 2. The minimum atomic E-state index is -0.978. The minimum Gasteiger partial charge on any atom is -0.507 e. The number of ether oxygens (including phenoxy) is 1. The zero-order valence-electron chi connectivity index (χ0n) is 19.2. The molecule has 0 aliphatic carbocycles. The van der Waals surface area contributed by atoms with Gasteiger partial charge in [-0.15, -0.1) is 0 Å². The van der Waals surface area contributed by atoms with Crippen molar-refractivity contribution in [3.8, 4) is 5.75 Å². The summed E-state index contributed by atoms with van der Waals surface area (Å²) in [5.74, 6) is -1.18. The highest BCUT2D eigenvalue weighted by Gasteiger charge is 2.48. The maximum absolute atomic E-state index is 13.5. The van der Waals surface area contributed by atoms with Crippen molar-refractivity contribution in [2.75, 3.05) is 4.90 Å². The topological polar surface area (TPSA) is 79.7 Å². The van der Waals surface area contributed by atoms with Crippen LogP contribution in [0.15, 0.2) is 60.2 Å². The zero-order valence-corrected chi connectivity index (χ0v) is 22.3. The van der Waals surface area contributed by atoms with Crippen molar-refractivity contribution in [2.24, 2.45) is 0 Å². The van der Waals surface area contributed by atoms with E-state index in [1.807, 2.05) is 6.92 Å². The van der Waals surface area contributed by atoms with Crippen LogP contribution in [-0.4, -0.2) is 27.9 Å². The first kappa shape index (κ1) is 24.2. The Morgan fingerprint density at radius 1 is 1.05 bits per heavy atom. The van der Waals surface area contributed by atoms with Crippen LogP contribution in [0.5, 0.6) is 5.75 Å². The van der Waals surface area contributed by atoms with Gasteiger partial charge in [0.1, 0.15) is 17.6 Å². The summed E-state index contributed by atoms with van der Waals surface area (Å²) in [4.78, 5) is 32.8. The first-order valence-electron chi connectivity index (χ1n) is 11.3. The largest absolute Gasteiger partial charge is 0.507 e. The van der Waals surface area contributed by atoms with E-state index in [9.17, 15) is 14.7 Å². The van der Waals surface area contributed by atoms with E-state index in [1.165, 1.54) is 16.2 Å². The Morgan fingerprint density at radius 3 is 2.65 bits per heavy atom. The second kappa shape index (κ2) is 9.03. The van der Waals surface area contributed by atoms with Crippen LogP contribution in [0.1, 0.15) is 29.7 Å². The third kappa shape index (κ3) is 4.07. The molecule has 0 saturated carbocycles. The fourth-order valence-electron chi connectivity index (χ4n) is 4.74. The van der Waals surface area contributed by atoms with Crippen LogP contribution in [-0.2, 0) is 16.0 Å². The van der Waals surface area contributed by atoms with Crippen LogP contribution in [0.4, 0.5) is 5.13 Å². The summed E-state index contributed by atoms with van der Waals surface area (Å²) in [5, 5.41) is 12.9. The first-order valence-corrected chi connectivity index (χ1v) is 13.3. The number of carbonyl (C=O) groups is 2. The number of anilines is 1. The minimum absolute atomic E-state index is 0.0155. The maximum Gasteiger partial charge on any atom is 0.301 e. The highest BCUT2D eigenvalue weighted by atomic mass is 35.5. The van der Waals surface area contributed by atoms with E-state index >= 15 is 0 Å². The molecule has 1 N–H and O–H groups in total. The molecule has 186 valence electrons. The Balaban J connectivity index is 1.55. The number of halogens is 3. The van der Waals surface area contributed by atoms with Crippen molar-refractivity contribution in [1.29, 1.82) is 0 Å². The van der Waals surface area contributed by atoms with Gasteiger partial charge >= 0.3 is 5.91 Å². The molecule has 0 unspecified atom stereocenters. The Kier molecular flexibility index (Phi) is 5.92. The summed E-state index contributed by atoms with van der Waals surface area (Å²) in [6.07, 6.45) is 0.691. The van der Waals surface area contributed by atoms with Crippen molar-refractivity contribution in [3.63, 3.8) is 0 Å². The van der Waals surface area contributed by atoms with E-state index in [-0.39, 0.29) is 22.5 Å². The van der Waals surface area contributed by atoms with Crippen molar-refractivity contribution >= 4 is 78.9 Å². The molecule has 4 aromatic rings. The molecule has 1 saturated heterocycles. The lowest BCUT2D eigenvalue weighted by Gasteiger charge is -2.23. The van der Waals surface area contributed by atoms with Gasteiger partial charge in [0, 0.05) is 17.0 Å². The highest BCUT2D eigenvalue weighted by Crippen LogP contribution is 2.46. The zero-order chi connectivity index (χ0) is 26.0. The number of hydrogen-bond donors (Lipinski definition) is 1. The molecule has 1 fully saturated rings. The van der Waals surface area contributed by atoms with E-state index in [0.717, 1.165) is 16.0 Å². The van der Waals surface area contributed by atoms with Crippen molar-refractivity contribution in [1.82, 2.24) is 4.98 Å². The van der Waals surface area contributed by atoms with Crippen LogP contribution in [0, 0.1) is 0 Å². The van der Waals surface area contributed by atoms with Gasteiger partial charge < -0.3 is 9.84 Å². The number of fused-ring (bicyclic) bond motifs is 2. The number of benzene rings is 3. The van der Waals surface area contributed by atoms with Gasteiger partial charge in [0.25, 0.3) is 5.78 Å². The monoisotopic (exact) mass is 570 g/mol. The normalized spacial score (nSPS) is 20.5. The number of aliphatic hydroxyl groups is 1. The summed E-state index contributed by atoms with van der Waals surface area (Å²) in [6.45, 7) is 1.96. The predicted octanol–water partition coefficient (Wildman–Crippen LogP) is 7.21. The average Bonchev–Trinajstić information content (AvgIpc) is 3.52. The lowest BCUT2D eigenvalue weighted by molar-refractivity contribution is -0.132. The van der Waals surface area contributed by atoms with Gasteiger partial charge in [0.05, 0.1) is 31.9 Å². The van der Waals surface area contributed by atoms with E-state index in [1.54, 1.807) is 54.6 Å². The lowest BCUT2D eigenvalue weighted by atomic mass is 9.94. The summed E-state index contributed by atoms with van der Waals surface area (Å²) >= 11 is 19.8. The molecule has 10 heteroatoms. The fraction of sp³-hybridized carbons (Fsp3) is 0.148. The molecule has 6 nitrogen and oxygen atoms in total. The quantitative estimate of drug-likeness (QED) is 0.160. The fourth-order valence-corrected chi connectivity index (χ4v) is 6.32. The number of ketones is 1. The van der Waals surface area contributed by atoms with E-state index in [2.05, 4.69) is 4.98 Å². The second-order valence-corrected chi connectivity index (χ2v) is 11.2. The van der Waals surface area contributed by atoms with E-state index in [0.29, 0.717) is 38.2 Å². The Morgan fingerprint density at radius 2 is 1.86 bits per heavy atom. The number of aromatic nitrogens is 1. The smallest absolute Gasteiger partial charge is 0.301 e. The maximum atomic E-state index is 13.5. The van der Waals surface area contributed by atoms with Crippen molar-refractivity contribution < 1.29 is 19.4 Å². The molecule has 2 aliphatic heterocycles. The molecular weight excluding hydrogens is 555 g/mol. The Hall–Kier alpha value is -3.10. The summed E-state index contributed by atoms with van der Waals surface area (Å²) in [7, 11) is 0. The molecule has 2 aliphatic rings. The van der Waals surface area contributed by atoms with Gasteiger partial charge in [-0.1, -0.05) is 52.2 Å². The number of nitrogens with zero attached hydrogens (tertiary/aromatic N) is 2. The van der Waals surface area contributed by atoms with Gasteiger partial charge in [-0.25, -0.2) is 4.98 Å². The number of Topliss-reactive ketones (excluding diaryl/α,β-unsaturated/α-hetero) is 1. The summed E-state index contributed by atoms with van der Waals surface area (Å²) in [5.41, 5.74) is 2.40. The van der Waals surface area contributed by atoms with Gasteiger partial charge in [0.2, 0.25) is 0 Å². The van der Waals surface area contributed by atoms with Crippen LogP contribution >= 0.6 is 46.1 Å². The molecule has 1 amide bonds. The molecule has 0 bridgehead atoms. The summed E-state index contributed by atoms with van der Waals surface area (Å²) in [6, 6.07) is 14.3. The van der Waals surface area contributed by atoms with E-state index in [4.69, 9.17) is 39.5 Å². The molecule has 37 heavy (non-hydrogen) atoms. The standard InChI is InChI=1S/C27H17Cl3N2O4S/c1-12-8-15-9-14(3-7-20(15)36-12)24(33)22-23(13-2-5-17(29)18(30)10-13)32(26(35)25(22)34)27-31-19-6-4-16(28)11-21(19)37-27/h2-7,9-12,23,33H,8H2,1H3/t12-,23+/m1/s1. The molecule has 2 atom stereocenters. The van der Waals surface area contributed by atoms with Crippen molar-refractivity contribution in [2.45, 2.75) is 25.5 Å². The van der Waals surface area contributed by atoms with Crippen LogP contribution < -0.4 is 9.64 Å². The number of hydrogen-bond acceptors (Lipinski definition) is 6. The number of amides is 1. The molecule has 0 spiro atoms. The Bertz CT molecular complexity index is 1660. The SMILES string of the molecule is C[C@@H]1Cc2cc(C(O)=C3C(=O)C(=O)N(c4nc5ccc(Cl)cc5s4)[C@H]3c3ccc(Cl)c(Cl)c3)ccc2O1. The molecular formula is C27H17Cl3N2O4S. The van der Waals surface area contributed by atoms with Crippen molar-refractivity contribution in [3.05, 3.63) is 91.9 Å². The number of rotatable bonds is 3. The average molecular weight is 572 g/mol. The van der Waals surface area contributed by atoms with Gasteiger partial charge in [-0.2, -0.15) is 0 Å². The Labute approximate surface area is 230 Å². The third-order valence-corrected chi connectivity index (χ3v) is 8.41. The number of aliphatic hydroxyl groups excluding tert-OH is 1. The molecule has 1 aromatic heterocycles. The predicted molar refractivity (Wildman–Crippen MR) is 146 cm³/mol. The first-order chi connectivity index (χ1) is 17.7. The molecule has 3 aromatic carbocycles.